The quantitative estimate of drug-likeness (QED) is 0.410. The fraction of sp³-hybridized carbons (Fsp3) is 0.500. The highest BCUT2D eigenvalue weighted by atomic mass is 79.9. The Bertz CT molecular complexity index is 235. The summed E-state index contributed by atoms with van der Waals surface area (Å²) in [5.74, 6) is 1.23. The minimum absolute atomic E-state index is 0.707. The molecular formula is C12H17BrS. The average molecular weight is 273 g/mol. The van der Waals surface area contributed by atoms with Crippen molar-refractivity contribution in [1.82, 2.24) is 0 Å². The summed E-state index contributed by atoms with van der Waals surface area (Å²) in [4.78, 5) is 2.09. The highest BCUT2D eigenvalue weighted by Gasteiger charge is 2.00. The van der Waals surface area contributed by atoms with E-state index in [0.717, 1.165) is 0 Å². The molecule has 1 unspecified atom stereocenters. The first-order valence-corrected chi connectivity index (χ1v) is 7.05. The number of alkyl halides is 1. The first-order valence-electron chi connectivity index (χ1n) is 5.15. The van der Waals surface area contributed by atoms with Crippen LogP contribution in [0.3, 0.4) is 0 Å². The van der Waals surface area contributed by atoms with Gasteiger partial charge >= 0.3 is 0 Å². The van der Waals surface area contributed by atoms with Gasteiger partial charge in [0, 0.05) is 9.72 Å². The molecule has 2 heteroatoms. The predicted octanol–water partition coefficient (Wildman–Crippen LogP) is 4.73. The van der Waals surface area contributed by atoms with Crippen LogP contribution in [0.25, 0.3) is 0 Å². The Morgan fingerprint density at radius 3 is 2.64 bits per heavy atom. The van der Waals surface area contributed by atoms with E-state index in [-0.39, 0.29) is 0 Å². The molecule has 0 saturated heterocycles. The number of benzene rings is 1. The molecule has 0 heterocycles. The summed E-state index contributed by atoms with van der Waals surface area (Å²) in [6.07, 6.45) is 3.82. The summed E-state index contributed by atoms with van der Waals surface area (Å²) in [6, 6.07) is 10.6. The smallest absolute Gasteiger partial charge is 0.0143 e. The van der Waals surface area contributed by atoms with Crippen molar-refractivity contribution in [2.24, 2.45) is 0 Å². The Hall–Kier alpha value is 0.0500. The molecule has 0 spiro atoms. The summed E-state index contributed by atoms with van der Waals surface area (Å²) in [7, 11) is 0. The lowest BCUT2D eigenvalue weighted by molar-refractivity contribution is 0.734. The van der Waals surface area contributed by atoms with Gasteiger partial charge in [-0.3, -0.25) is 0 Å². The first-order chi connectivity index (χ1) is 6.83. The molecule has 0 aromatic heterocycles. The van der Waals surface area contributed by atoms with Gasteiger partial charge in [0.25, 0.3) is 0 Å². The van der Waals surface area contributed by atoms with E-state index in [0.29, 0.717) is 4.83 Å². The summed E-state index contributed by atoms with van der Waals surface area (Å²) in [5, 5.41) is 0. The molecular weight excluding hydrogens is 256 g/mol. The molecule has 0 bridgehead atoms. The van der Waals surface area contributed by atoms with Crippen LogP contribution in [0.15, 0.2) is 35.2 Å². The number of halogens is 1. The standard InChI is InChI=1S/C12H17BrS/c1-2-11(13)7-6-10-14-12-8-4-3-5-9-12/h3-5,8-9,11H,2,6-7,10H2,1H3. The Morgan fingerprint density at radius 2 is 2.00 bits per heavy atom. The second kappa shape index (κ2) is 7.36. The molecule has 1 aromatic rings. The molecule has 1 atom stereocenters. The van der Waals surface area contributed by atoms with Gasteiger partial charge in [0.15, 0.2) is 0 Å². The molecule has 78 valence electrons. The summed E-state index contributed by atoms with van der Waals surface area (Å²) in [5.41, 5.74) is 0. The fourth-order valence-electron chi connectivity index (χ4n) is 1.22. The summed E-state index contributed by atoms with van der Waals surface area (Å²) in [6.45, 7) is 2.23. The van der Waals surface area contributed by atoms with Crippen LogP contribution in [-0.2, 0) is 0 Å². The zero-order valence-electron chi connectivity index (χ0n) is 8.58. The van der Waals surface area contributed by atoms with Crippen molar-refractivity contribution in [3.05, 3.63) is 30.3 Å². The van der Waals surface area contributed by atoms with Gasteiger partial charge in [-0.25, -0.2) is 0 Å². The van der Waals surface area contributed by atoms with Crippen molar-refractivity contribution in [3.8, 4) is 0 Å². The maximum absolute atomic E-state index is 3.65. The van der Waals surface area contributed by atoms with E-state index in [1.165, 1.54) is 29.9 Å². The van der Waals surface area contributed by atoms with Crippen LogP contribution in [0, 0.1) is 0 Å². The van der Waals surface area contributed by atoms with Crippen molar-refractivity contribution >= 4 is 27.7 Å². The Morgan fingerprint density at radius 1 is 1.29 bits per heavy atom. The van der Waals surface area contributed by atoms with Crippen LogP contribution in [-0.4, -0.2) is 10.6 Å². The van der Waals surface area contributed by atoms with E-state index in [1.807, 2.05) is 11.8 Å². The SMILES string of the molecule is CCC(Br)CCCSc1ccccc1. The van der Waals surface area contributed by atoms with Gasteiger partial charge in [-0.2, -0.15) is 0 Å². The van der Waals surface area contributed by atoms with Crippen LogP contribution in [0.2, 0.25) is 0 Å². The Balaban J connectivity index is 2.10. The van der Waals surface area contributed by atoms with Crippen molar-refractivity contribution in [2.75, 3.05) is 5.75 Å². The van der Waals surface area contributed by atoms with Gasteiger partial charge < -0.3 is 0 Å². The normalized spacial score (nSPS) is 12.7. The molecule has 0 nitrogen and oxygen atoms in total. The van der Waals surface area contributed by atoms with Crippen LogP contribution < -0.4 is 0 Å². The second-order valence-electron chi connectivity index (χ2n) is 3.31. The van der Waals surface area contributed by atoms with Crippen LogP contribution in [0.5, 0.6) is 0 Å². The van der Waals surface area contributed by atoms with Crippen molar-refractivity contribution in [3.63, 3.8) is 0 Å². The number of hydrogen-bond donors (Lipinski definition) is 0. The van der Waals surface area contributed by atoms with Crippen LogP contribution >= 0.6 is 27.7 Å². The summed E-state index contributed by atoms with van der Waals surface area (Å²) >= 11 is 5.61. The van der Waals surface area contributed by atoms with Crippen LogP contribution in [0.4, 0.5) is 0 Å². The molecule has 0 amide bonds. The molecule has 1 aromatic carbocycles. The third-order valence-electron chi connectivity index (χ3n) is 2.12. The van der Waals surface area contributed by atoms with Crippen LogP contribution in [0.1, 0.15) is 26.2 Å². The van der Waals surface area contributed by atoms with Crippen molar-refractivity contribution in [1.29, 1.82) is 0 Å². The lowest BCUT2D eigenvalue weighted by Crippen LogP contribution is -1.95. The molecule has 0 N–H and O–H groups in total. The Labute approximate surface area is 99.6 Å². The maximum atomic E-state index is 3.65. The van der Waals surface area contributed by atoms with E-state index >= 15 is 0 Å². The first kappa shape index (κ1) is 12.1. The average Bonchev–Trinajstić information content (AvgIpc) is 2.25. The molecule has 1 rings (SSSR count). The minimum atomic E-state index is 0.707. The predicted molar refractivity (Wildman–Crippen MR) is 69.4 cm³/mol. The highest BCUT2D eigenvalue weighted by molar-refractivity contribution is 9.09. The molecule has 0 fully saturated rings. The molecule has 0 aliphatic rings. The van der Waals surface area contributed by atoms with E-state index in [1.54, 1.807) is 0 Å². The third kappa shape index (κ3) is 5.06. The number of thioether (sulfide) groups is 1. The topological polar surface area (TPSA) is 0 Å². The molecule has 0 saturated carbocycles. The Kier molecular flexibility index (Phi) is 6.37. The van der Waals surface area contributed by atoms with Crippen molar-refractivity contribution in [2.45, 2.75) is 35.9 Å². The molecule has 0 aliphatic carbocycles. The van der Waals surface area contributed by atoms with E-state index in [4.69, 9.17) is 0 Å². The van der Waals surface area contributed by atoms with Gasteiger partial charge in [-0.05, 0) is 37.1 Å². The fourth-order valence-corrected chi connectivity index (χ4v) is 2.44. The van der Waals surface area contributed by atoms with E-state index in [9.17, 15) is 0 Å². The van der Waals surface area contributed by atoms with E-state index in [2.05, 4.69) is 53.2 Å². The zero-order valence-corrected chi connectivity index (χ0v) is 11.0. The second-order valence-corrected chi connectivity index (χ2v) is 5.77. The number of hydrogen-bond acceptors (Lipinski definition) is 1. The summed E-state index contributed by atoms with van der Waals surface area (Å²) < 4.78 is 0. The van der Waals surface area contributed by atoms with Gasteiger partial charge in [0.2, 0.25) is 0 Å². The van der Waals surface area contributed by atoms with Gasteiger partial charge in [0.05, 0.1) is 0 Å². The molecule has 0 aliphatic heterocycles. The lowest BCUT2D eigenvalue weighted by Gasteiger charge is -2.05. The van der Waals surface area contributed by atoms with Gasteiger partial charge in [0.1, 0.15) is 0 Å². The lowest BCUT2D eigenvalue weighted by atomic mass is 10.2. The monoisotopic (exact) mass is 272 g/mol. The van der Waals surface area contributed by atoms with E-state index < -0.39 is 0 Å². The number of rotatable bonds is 6. The third-order valence-corrected chi connectivity index (χ3v) is 4.32. The van der Waals surface area contributed by atoms with Crippen molar-refractivity contribution < 1.29 is 0 Å². The highest BCUT2D eigenvalue weighted by Crippen LogP contribution is 2.20. The largest absolute Gasteiger partial charge is 0.126 e. The maximum Gasteiger partial charge on any atom is 0.0143 e. The van der Waals surface area contributed by atoms with Gasteiger partial charge in [-0.1, -0.05) is 41.1 Å². The molecule has 14 heavy (non-hydrogen) atoms. The zero-order chi connectivity index (χ0) is 10.2. The van der Waals surface area contributed by atoms with Gasteiger partial charge in [-0.15, -0.1) is 11.8 Å². The minimum Gasteiger partial charge on any atom is -0.126 e. The molecule has 0 radical (unpaired) electrons.